The molecule has 0 unspecified atom stereocenters. The molecule has 0 spiro atoms. The van der Waals surface area contributed by atoms with Crippen LogP contribution < -0.4 is 9.21 Å². The molecule has 0 fully saturated rings. The van der Waals surface area contributed by atoms with Gasteiger partial charge in [-0.1, -0.05) is 59.6 Å². The number of benzene rings is 3. The van der Waals surface area contributed by atoms with E-state index in [2.05, 4.69) is 0 Å². The maximum Gasteiger partial charge on any atom is 0.264 e. The fraction of sp³-hybridized carbons (Fsp3) is 0.0952. The molecule has 8 heteroatoms. The molecule has 0 aliphatic carbocycles. The van der Waals surface area contributed by atoms with Gasteiger partial charge in [-0.05, 0) is 42.5 Å². The predicted octanol–water partition coefficient (Wildman–Crippen LogP) is 4.85. The summed E-state index contributed by atoms with van der Waals surface area (Å²) < 4.78 is 27.7. The van der Waals surface area contributed by atoms with Gasteiger partial charge in [-0.3, -0.25) is 9.10 Å². The van der Waals surface area contributed by atoms with Crippen LogP contribution in [0.15, 0.2) is 83.8 Å². The molecule has 0 heterocycles. The molecule has 0 radical (unpaired) electrons. The molecule has 3 aromatic carbocycles. The van der Waals surface area contributed by atoms with Crippen molar-refractivity contribution in [3.63, 3.8) is 0 Å². The van der Waals surface area contributed by atoms with Crippen LogP contribution in [0.2, 0.25) is 10.0 Å². The molecule has 0 aliphatic rings. The molecule has 5 nitrogen and oxygen atoms in total. The van der Waals surface area contributed by atoms with E-state index < -0.39 is 22.5 Å². The Morgan fingerprint density at radius 2 is 1.48 bits per heavy atom. The molecule has 0 atom stereocenters. The number of likely N-dealkylation sites (N-methyl/N-ethyl adjacent to an activating group) is 1. The Bertz CT molecular complexity index is 1110. The minimum Gasteiger partial charge on any atom is -0.314 e. The van der Waals surface area contributed by atoms with E-state index in [0.717, 1.165) is 4.31 Å². The van der Waals surface area contributed by atoms with E-state index in [4.69, 9.17) is 23.2 Å². The van der Waals surface area contributed by atoms with E-state index >= 15 is 0 Å². The summed E-state index contributed by atoms with van der Waals surface area (Å²) in [6.07, 6.45) is 0. The first-order valence-electron chi connectivity index (χ1n) is 8.65. The van der Waals surface area contributed by atoms with Gasteiger partial charge in [0.1, 0.15) is 6.54 Å². The van der Waals surface area contributed by atoms with Gasteiger partial charge in [0, 0.05) is 17.8 Å². The van der Waals surface area contributed by atoms with Crippen molar-refractivity contribution in [2.24, 2.45) is 0 Å². The van der Waals surface area contributed by atoms with E-state index in [-0.39, 0.29) is 15.6 Å². The van der Waals surface area contributed by atoms with Crippen LogP contribution in [0.5, 0.6) is 0 Å². The van der Waals surface area contributed by atoms with Gasteiger partial charge in [0.05, 0.1) is 15.6 Å². The van der Waals surface area contributed by atoms with Crippen LogP contribution in [0.3, 0.4) is 0 Å². The van der Waals surface area contributed by atoms with Crippen molar-refractivity contribution in [3.05, 3.63) is 88.9 Å². The van der Waals surface area contributed by atoms with Crippen LogP contribution in [0.1, 0.15) is 0 Å². The quantitative estimate of drug-likeness (QED) is 0.541. The van der Waals surface area contributed by atoms with Gasteiger partial charge in [-0.15, -0.1) is 0 Å². The van der Waals surface area contributed by atoms with Crippen LogP contribution in [0, 0.1) is 0 Å². The third kappa shape index (κ3) is 4.72. The van der Waals surface area contributed by atoms with Crippen molar-refractivity contribution in [1.29, 1.82) is 0 Å². The van der Waals surface area contributed by atoms with E-state index in [9.17, 15) is 13.2 Å². The highest BCUT2D eigenvalue weighted by Gasteiger charge is 2.30. The topological polar surface area (TPSA) is 57.7 Å². The van der Waals surface area contributed by atoms with Gasteiger partial charge in [-0.25, -0.2) is 8.42 Å². The second kappa shape index (κ2) is 8.86. The number of hydrogen-bond donors (Lipinski definition) is 0. The van der Waals surface area contributed by atoms with Crippen LogP contribution in [-0.2, 0) is 14.8 Å². The number of anilines is 2. The SMILES string of the molecule is CN(C(=O)CN(c1ccc(Cl)cc1Cl)S(=O)(=O)c1ccccc1)c1ccccc1. The highest BCUT2D eigenvalue weighted by Crippen LogP contribution is 2.32. The van der Waals surface area contributed by atoms with E-state index in [1.54, 1.807) is 49.5 Å². The molecule has 0 aliphatic heterocycles. The standard InChI is InChI=1S/C21H18Cl2N2O3S/c1-24(17-8-4-2-5-9-17)21(26)15-25(20-13-12-16(22)14-19(20)23)29(27,28)18-10-6-3-7-11-18/h2-14H,15H2,1H3. The lowest BCUT2D eigenvalue weighted by atomic mass is 10.3. The summed E-state index contributed by atoms with van der Waals surface area (Å²) in [5, 5.41) is 0.496. The first kappa shape index (κ1) is 21.2. The number of rotatable bonds is 6. The molecule has 0 aromatic heterocycles. The van der Waals surface area contributed by atoms with Crippen molar-refractivity contribution in [1.82, 2.24) is 0 Å². The zero-order valence-electron chi connectivity index (χ0n) is 15.5. The van der Waals surface area contributed by atoms with Gasteiger partial charge >= 0.3 is 0 Å². The summed E-state index contributed by atoms with van der Waals surface area (Å²) in [7, 11) is -2.45. The minimum absolute atomic E-state index is 0.0566. The molecule has 0 saturated carbocycles. The zero-order chi connectivity index (χ0) is 21.0. The number of halogens is 2. The Morgan fingerprint density at radius 3 is 2.07 bits per heavy atom. The van der Waals surface area contributed by atoms with Gasteiger partial charge in [0.15, 0.2) is 0 Å². The first-order valence-corrected chi connectivity index (χ1v) is 10.8. The van der Waals surface area contributed by atoms with Gasteiger partial charge < -0.3 is 4.90 Å². The minimum atomic E-state index is -4.04. The fourth-order valence-corrected chi connectivity index (χ4v) is 4.74. The second-order valence-corrected chi connectivity index (χ2v) is 8.91. The Hall–Kier alpha value is -2.54. The molecular formula is C21H18Cl2N2O3S. The van der Waals surface area contributed by atoms with Crippen molar-refractivity contribution >= 4 is 50.5 Å². The number of sulfonamides is 1. The van der Waals surface area contributed by atoms with Crippen LogP contribution in [0.25, 0.3) is 0 Å². The number of carbonyl (C=O) groups is 1. The van der Waals surface area contributed by atoms with Crippen LogP contribution >= 0.6 is 23.2 Å². The monoisotopic (exact) mass is 448 g/mol. The Labute approximate surface area is 180 Å². The molecule has 0 N–H and O–H groups in total. The second-order valence-electron chi connectivity index (χ2n) is 6.21. The highest BCUT2D eigenvalue weighted by molar-refractivity contribution is 7.92. The zero-order valence-corrected chi connectivity index (χ0v) is 17.8. The van der Waals surface area contributed by atoms with Gasteiger partial charge in [0.25, 0.3) is 10.0 Å². The number of para-hydroxylation sites is 1. The predicted molar refractivity (Wildman–Crippen MR) is 117 cm³/mol. The van der Waals surface area contributed by atoms with E-state index in [1.807, 2.05) is 6.07 Å². The Kier molecular flexibility index (Phi) is 6.47. The maximum atomic E-state index is 13.3. The lowest BCUT2D eigenvalue weighted by Crippen LogP contribution is -2.42. The first-order chi connectivity index (χ1) is 13.8. The summed E-state index contributed by atoms with van der Waals surface area (Å²) in [6.45, 7) is -0.427. The van der Waals surface area contributed by atoms with Crippen LogP contribution in [0.4, 0.5) is 11.4 Å². The molecule has 0 bridgehead atoms. The third-order valence-electron chi connectivity index (χ3n) is 4.31. The molecular weight excluding hydrogens is 431 g/mol. The van der Waals surface area contributed by atoms with Crippen molar-refractivity contribution < 1.29 is 13.2 Å². The molecule has 29 heavy (non-hydrogen) atoms. The molecule has 1 amide bonds. The number of amides is 1. The Balaban J connectivity index is 2.03. The molecule has 3 aromatic rings. The summed E-state index contributed by atoms with van der Waals surface area (Å²) in [5.41, 5.74) is 0.825. The molecule has 3 rings (SSSR count). The fourth-order valence-electron chi connectivity index (χ4n) is 2.73. The summed E-state index contributed by atoms with van der Waals surface area (Å²) in [4.78, 5) is 14.4. The number of nitrogens with zero attached hydrogens (tertiary/aromatic N) is 2. The largest absolute Gasteiger partial charge is 0.314 e. The van der Waals surface area contributed by atoms with Crippen molar-refractivity contribution in [3.8, 4) is 0 Å². The average Bonchev–Trinajstić information content (AvgIpc) is 2.73. The molecule has 150 valence electrons. The highest BCUT2D eigenvalue weighted by atomic mass is 35.5. The van der Waals surface area contributed by atoms with Gasteiger partial charge in [-0.2, -0.15) is 0 Å². The smallest absolute Gasteiger partial charge is 0.264 e. The van der Waals surface area contributed by atoms with Gasteiger partial charge in [0.2, 0.25) is 5.91 Å². The lowest BCUT2D eigenvalue weighted by molar-refractivity contribution is -0.116. The normalized spacial score (nSPS) is 11.1. The van der Waals surface area contributed by atoms with E-state index in [0.29, 0.717) is 10.7 Å². The molecule has 0 saturated heterocycles. The third-order valence-corrected chi connectivity index (χ3v) is 6.62. The van der Waals surface area contributed by atoms with E-state index in [1.165, 1.54) is 35.2 Å². The number of carbonyl (C=O) groups excluding carboxylic acids is 1. The summed E-state index contributed by atoms with van der Waals surface area (Å²) in [5.74, 6) is -0.415. The maximum absolute atomic E-state index is 13.3. The number of hydrogen-bond acceptors (Lipinski definition) is 3. The van der Waals surface area contributed by atoms with Crippen molar-refractivity contribution in [2.75, 3.05) is 22.8 Å². The lowest BCUT2D eigenvalue weighted by Gasteiger charge is -2.27. The van der Waals surface area contributed by atoms with Crippen molar-refractivity contribution in [2.45, 2.75) is 4.90 Å². The summed E-state index contributed by atoms with van der Waals surface area (Å²) >= 11 is 12.2. The summed E-state index contributed by atoms with van der Waals surface area (Å²) in [6, 6.07) is 21.3. The average molecular weight is 449 g/mol. The van der Waals surface area contributed by atoms with Crippen LogP contribution in [-0.4, -0.2) is 27.9 Å². The Morgan fingerprint density at radius 1 is 0.897 bits per heavy atom.